The molecule has 79 heavy (non-hydrogen) atoms. The van der Waals surface area contributed by atoms with E-state index in [4.69, 9.17) is 9.47 Å². The molecule has 0 saturated heterocycles. The highest BCUT2D eigenvalue weighted by Gasteiger charge is 2.16. The first kappa shape index (κ1) is 76.3. The van der Waals surface area contributed by atoms with Gasteiger partial charge >= 0.3 is 11.9 Å². The molecule has 0 aliphatic heterocycles. The van der Waals surface area contributed by atoms with Crippen LogP contribution in [0.2, 0.25) is 0 Å². The maximum atomic E-state index is 12.4. The third kappa shape index (κ3) is 67.7. The molecule has 0 fully saturated rings. The van der Waals surface area contributed by atoms with Gasteiger partial charge in [0.25, 0.3) is 0 Å². The molecule has 0 heterocycles. The van der Waals surface area contributed by atoms with Crippen LogP contribution in [-0.2, 0) is 19.1 Å². The van der Waals surface area contributed by atoms with E-state index in [0.29, 0.717) is 12.8 Å². The number of unbranched alkanes of at least 4 members (excludes halogenated alkanes) is 45. The summed E-state index contributed by atoms with van der Waals surface area (Å²) >= 11 is 0. The van der Waals surface area contributed by atoms with E-state index in [2.05, 4.69) is 86.8 Å². The summed E-state index contributed by atoms with van der Waals surface area (Å²) in [6, 6.07) is 0. The molecule has 460 valence electrons. The average Bonchev–Trinajstić information content (AvgIpc) is 3.45. The predicted octanol–water partition coefficient (Wildman–Crippen LogP) is 24.3. The van der Waals surface area contributed by atoms with E-state index in [1.807, 2.05) is 0 Å². The monoisotopic (exact) mass is 1100 g/mol. The number of carbonyl (C=O) groups excluding carboxylic acids is 2. The van der Waals surface area contributed by atoms with Crippen LogP contribution in [-0.4, -0.2) is 36.4 Å². The van der Waals surface area contributed by atoms with Crippen molar-refractivity contribution in [3.8, 4) is 0 Å². The van der Waals surface area contributed by atoms with Crippen LogP contribution < -0.4 is 0 Å². The van der Waals surface area contributed by atoms with Gasteiger partial charge in [0, 0.05) is 12.8 Å². The van der Waals surface area contributed by atoms with E-state index in [1.54, 1.807) is 0 Å². The molecule has 0 aromatic heterocycles. The van der Waals surface area contributed by atoms with Crippen molar-refractivity contribution < 1.29 is 24.2 Å². The van der Waals surface area contributed by atoms with Gasteiger partial charge in [0.2, 0.25) is 0 Å². The fourth-order valence-electron chi connectivity index (χ4n) is 10.6. The molecule has 0 aromatic carbocycles. The van der Waals surface area contributed by atoms with E-state index in [1.165, 1.54) is 263 Å². The van der Waals surface area contributed by atoms with Crippen molar-refractivity contribution in [1.82, 2.24) is 0 Å². The minimum Gasteiger partial charge on any atom is -0.462 e. The fraction of sp³-hybridized carbons (Fsp3) is 0.811. The maximum absolute atomic E-state index is 12.4. The van der Waals surface area contributed by atoms with Gasteiger partial charge in [-0.05, 0) is 64.2 Å². The van der Waals surface area contributed by atoms with Crippen molar-refractivity contribution in [2.75, 3.05) is 13.2 Å². The number of carbonyl (C=O) groups is 2. The third-order valence-corrected chi connectivity index (χ3v) is 15.8. The summed E-state index contributed by atoms with van der Waals surface area (Å²) in [5.74, 6) is -0.581. The molecule has 0 rings (SSSR count). The van der Waals surface area contributed by atoms with Crippen molar-refractivity contribution in [2.24, 2.45) is 0 Å². The lowest BCUT2D eigenvalue weighted by molar-refractivity contribution is -0.161. The summed E-state index contributed by atoms with van der Waals surface area (Å²) in [5, 5.41) is 9.70. The smallest absolute Gasteiger partial charge is 0.306 e. The number of hydrogen-bond acceptors (Lipinski definition) is 5. The minimum absolute atomic E-state index is 0.0662. The molecule has 1 atom stereocenters. The summed E-state index contributed by atoms with van der Waals surface area (Å²) in [5.41, 5.74) is 0. The molecule has 5 nitrogen and oxygen atoms in total. The highest BCUT2D eigenvalue weighted by Crippen LogP contribution is 2.19. The largest absolute Gasteiger partial charge is 0.462 e. The number of aliphatic hydroxyl groups excluding tert-OH is 1. The van der Waals surface area contributed by atoms with Crippen molar-refractivity contribution in [3.05, 3.63) is 72.9 Å². The highest BCUT2D eigenvalue weighted by molar-refractivity contribution is 5.70. The Balaban J connectivity index is 3.42. The molecule has 1 N–H and O–H groups in total. The Morgan fingerprint density at radius 2 is 0.544 bits per heavy atom. The lowest BCUT2D eigenvalue weighted by Gasteiger charge is -2.15. The molecule has 0 bridgehead atoms. The van der Waals surface area contributed by atoms with Crippen molar-refractivity contribution >= 4 is 11.9 Å². The quantitative estimate of drug-likeness (QED) is 0.0373. The fourth-order valence-corrected chi connectivity index (χ4v) is 10.6. The first-order valence-electron chi connectivity index (χ1n) is 35.0. The van der Waals surface area contributed by atoms with Crippen LogP contribution in [0.5, 0.6) is 0 Å². The second-order valence-corrected chi connectivity index (χ2v) is 23.6. The molecule has 0 spiro atoms. The predicted molar refractivity (Wildman–Crippen MR) is 348 cm³/mol. The van der Waals surface area contributed by atoms with Crippen LogP contribution >= 0.6 is 0 Å². The molecule has 1 unspecified atom stereocenters. The van der Waals surface area contributed by atoms with Crippen LogP contribution in [0.15, 0.2) is 72.9 Å². The van der Waals surface area contributed by atoms with Crippen molar-refractivity contribution in [1.29, 1.82) is 0 Å². The SMILES string of the molecule is CC/C=C\C/C=C\C/C=C\C/C=C\C/C=C\C/C=C\CCCCCCCCCCCCC(=O)OC(CO)COC(=O)CCCCCCCCCCCCCCCCCCCCCCCCCCCCCCCCCCCCCC. The first-order valence-corrected chi connectivity index (χ1v) is 35.0. The number of hydrogen-bond donors (Lipinski definition) is 1. The summed E-state index contributed by atoms with van der Waals surface area (Å²) in [4.78, 5) is 24.6. The molecule has 5 heteroatoms. The molecule has 0 amide bonds. The third-order valence-electron chi connectivity index (χ3n) is 15.8. The lowest BCUT2D eigenvalue weighted by Crippen LogP contribution is -2.28. The van der Waals surface area contributed by atoms with Crippen LogP contribution in [0.1, 0.15) is 367 Å². The van der Waals surface area contributed by atoms with Crippen LogP contribution in [0.25, 0.3) is 0 Å². The van der Waals surface area contributed by atoms with Gasteiger partial charge in [0.05, 0.1) is 6.61 Å². The normalized spacial score (nSPS) is 12.6. The van der Waals surface area contributed by atoms with E-state index < -0.39 is 6.10 Å². The van der Waals surface area contributed by atoms with Gasteiger partial charge < -0.3 is 14.6 Å². The zero-order valence-electron chi connectivity index (χ0n) is 52.9. The maximum Gasteiger partial charge on any atom is 0.306 e. The van der Waals surface area contributed by atoms with Gasteiger partial charge in [-0.3, -0.25) is 9.59 Å². The Bertz CT molecular complexity index is 1390. The van der Waals surface area contributed by atoms with Crippen LogP contribution in [0.3, 0.4) is 0 Å². The van der Waals surface area contributed by atoms with Gasteiger partial charge in [0.1, 0.15) is 6.61 Å². The number of rotatable bonds is 65. The Labute approximate surface area is 493 Å². The summed E-state index contributed by atoms with van der Waals surface area (Å²) in [6.45, 7) is 4.07. The zero-order valence-corrected chi connectivity index (χ0v) is 52.9. The Morgan fingerprint density at radius 1 is 0.304 bits per heavy atom. The number of ether oxygens (including phenoxy) is 2. The minimum atomic E-state index is -0.778. The molecule has 0 aliphatic rings. The second kappa shape index (κ2) is 69.6. The molecular weight excluding hydrogens is 969 g/mol. The molecular formula is C74H134O5. The second-order valence-electron chi connectivity index (χ2n) is 23.6. The highest BCUT2D eigenvalue weighted by atomic mass is 16.6. The Morgan fingerprint density at radius 3 is 0.823 bits per heavy atom. The number of allylic oxidation sites excluding steroid dienone is 12. The number of esters is 2. The van der Waals surface area contributed by atoms with Gasteiger partial charge in [-0.2, -0.15) is 0 Å². The van der Waals surface area contributed by atoms with E-state index in [0.717, 1.165) is 77.0 Å². The van der Waals surface area contributed by atoms with Gasteiger partial charge in [-0.25, -0.2) is 0 Å². The first-order chi connectivity index (χ1) is 39.1. The van der Waals surface area contributed by atoms with Crippen LogP contribution in [0, 0.1) is 0 Å². The van der Waals surface area contributed by atoms with E-state index in [-0.39, 0.29) is 25.2 Å². The molecule has 0 aromatic rings. The number of aliphatic hydroxyl groups is 1. The topological polar surface area (TPSA) is 72.8 Å². The van der Waals surface area contributed by atoms with E-state index >= 15 is 0 Å². The summed E-state index contributed by atoms with van der Waals surface area (Å²) in [6.07, 6.45) is 96.6. The van der Waals surface area contributed by atoms with Gasteiger partial charge in [-0.1, -0.05) is 363 Å². The van der Waals surface area contributed by atoms with Crippen LogP contribution in [0.4, 0.5) is 0 Å². The summed E-state index contributed by atoms with van der Waals surface area (Å²) in [7, 11) is 0. The average molecular weight is 1100 g/mol. The molecule has 0 saturated carbocycles. The van der Waals surface area contributed by atoms with E-state index in [9.17, 15) is 14.7 Å². The molecule has 0 aliphatic carbocycles. The Kier molecular flexibility index (Phi) is 67.3. The zero-order chi connectivity index (χ0) is 56.9. The van der Waals surface area contributed by atoms with Crippen molar-refractivity contribution in [2.45, 2.75) is 373 Å². The van der Waals surface area contributed by atoms with Crippen molar-refractivity contribution in [3.63, 3.8) is 0 Å². The lowest BCUT2D eigenvalue weighted by atomic mass is 10.0. The van der Waals surface area contributed by atoms with Gasteiger partial charge in [-0.15, -0.1) is 0 Å². The standard InChI is InChI=1S/C74H134O5/c1-3-5-7-9-11-13-15-17-19-21-23-25-27-29-31-33-34-35-36-37-38-39-41-42-44-46-48-50-52-54-56-58-60-62-64-66-68-73(76)78-71-72(70-75)79-74(77)69-67-65-63-61-59-57-55-53-51-49-47-45-43-40-32-30-28-26-24-22-20-18-16-14-12-10-8-6-4-2/h6,8,12,14,18,20,24,26,30,32,43,45,72,75H,3-5,7,9-11,13,15-17,19,21-23,25,27-29,31,33-42,44,46-71H2,1-2H3/b8-6-,14-12-,20-18-,26-24-,32-30-,45-43-. The Hall–Kier alpha value is -2.66. The summed E-state index contributed by atoms with van der Waals surface area (Å²) < 4.78 is 10.8. The van der Waals surface area contributed by atoms with Gasteiger partial charge in [0.15, 0.2) is 6.10 Å². The molecule has 0 radical (unpaired) electrons.